The summed E-state index contributed by atoms with van der Waals surface area (Å²) in [6.45, 7) is 0. The first-order chi connectivity index (χ1) is 17.4. The maximum absolute atomic E-state index is 11.2. The molecule has 3 aromatic carbocycles. The van der Waals surface area contributed by atoms with Crippen LogP contribution in [0.3, 0.4) is 0 Å². The van der Waals surface area contributed by atoms with E-state index < -0.39 is 11.5 Å². The third-order valence-corrected chi connectivity index (χ3v) is 5.25. The van der Waals surface area contributed by atoms with Crippen molar-refractivity contribution in [3.8, 4) is 34.8 Å². The van der Waals surface area contributed by atoms with E-state index in [2.05, 4.69) is 9.97 Å². The Morgan fingerprint density at radius 1 is 0.611 bits per heavy atom. The summed E-state index contributed by atoms with van der Waals surface area (Å²) in [6.07, 6.45) is 0.515. The van der Waals surface area contributed by atoms with Crippen molar-refractivity contribution in [2.45, 2.75) is 12.8 Å². The van der Waals surface area contributed by atoms with Gasteiger partial charge in [-0.25, -0.2) is 9.59 Å². The van der Waals surface area contributed by atoms with Gasteiger partial charge in [0.25, 0.3) is 0 Å². The second-order valence-corrected chi connectivity index (χ2v) is 7.89. The molecule has 5 aromatic rings. The number of hydrogen-bond donors (Lipinski definition) is 4. The van der Waals surface area contributed by atoms with Gasteiger partial charge in [-0.15, -0.1) is 0 Å². The molecule has 0 unspecified atom stereocenters. The van der Waals surface area contributed by atoms with Crippen molar-refractivity contribution in [1.82, 2.24) is 9.97 Å². The third kappa shape index (κ3) is 5.33. The number of hydrogen-bond acceptors (Lipinski definition) is 8. The van der Waals surface area contributed by atoms with Gasteiger partial charge in [-0.1, -0.05) is 30.3 Å². The molecule has 0 atom stereocenters. The van der Waals surface area contributed by atoms with Gasteiger partial charge in [-0.2, -0.15) is 0 Å². The zero-order chi connectivity index (χ0) is 25.1. The van der Waals surface area contributed by atoms with E-state index >= 15 is 0 Å². The lowest BCUT2D eigenvalue weighted by atomic mass is 10.1. The number of aromatic amines is 2. The number of H-pyrrole nitrogens is 2. The van der Waals surface area contributed by atoms with Crippen LogP contribution in [0.5, 0.6) is 34.8 Å². The SMILES string of the molecule is O=c1[nH]c(O)c(Cc2ccc(Oc3cccc(Oc4ccc(Cc5oc(=O)[nH]c5O)cc4)c3)cc2)o1. The standard InChI is InChI=1S/C26H20N2O8/c29-23-21(35-25(31)27-23)12-15-4-8-17(9-5-15)33-19-2-1-3-20(14-19)34-18-10-6-16(7-11-18)13-22-24(30)28-26(32)36-22/h1-11,14,29-30H,12-13H2,(H,27,31)(H,28,32). The minimum absolute atomic E-state index is 0.167. The lowest BCUT2D eigenvalue weighted by molar-refractivity contribution is 0.426. The quantitative estimate of drug-likeness (QED) is 0.250. The molecule has 0 amide bonds. The van der Waals surface area contributed by atoms with Gasteiger partial charge >= 0.3 is 11.5 Å². The van der Waals surface area contributed by atoms with Crippen LogP contribution in [-0.2, 0) is 12.8 Å². The number of aromatic nitrogens is 2. The van der Waals surface area contributed by atoms with E-state index in [-0.39, 0.29) is 36.1 Å². The fourth-order valence-corrected chi connectivity index (χ4v) is 3.54. The number of aromatic hydroxyl groups is 2. The van der Waals surface area contributed by atoms with Crippen molar-refractivity contribution in [2.75, 3.05) is 0 Å². The van der Waals surface area contributed by atoms with Crippen LogP contribution in [0.4, 0.5) is 0 Å². The number of ether oxygens (including phenoxy) is 2. The normalized spacial score (nSPS) is 10.9. The maximum Gasteiger partial charge on any atom is 0.419 e. The summed E-state index contributed by atoms with van der Waals surface area (Å²) in [4.78, 5) is 26.7. The minimum atomic E-state index is -0.702. The average molecular weight is 488 g/mol. The fourth-order valence-electron chi connectivity index (χ4n) is 3.54. The Balaban J connectivity index is 1.21. The van der Waals surface area contributed by atoms with E-state index in [1.54, 1.807) is 48.5 Å². The molecule has 10 nitrogen and oxygen atoms in total. The predicted molar refractivity (Wildman–Crippen MR) is 127 cm³/mol. The summed E-state index contributed by atoms with van der Waals surface area (Å²) >= 11 is 0. The van der Waals surface area contributed by atoms with Crippen LogP contribution in [0, 0.1) is 0 Å². The molecule has 0 saturated carbocycles. The Morgan fingerprint density at radius 3 is 1.39 bits per heavy atom. The third-order valence-electron chi connectivity index (χ3n) is 5.25. The first kappa shape index (κ1) is 22.7. The molecule has 182 valence electrons. The van der Waals surface area contributed by atoms with E-state index in [1.165, 1.54) is 0 Å². The van der Waals surface area contributed by atoms with E-state index in [9.17, 15) is 19.8 Å². The summed E-state index contributed by atoms with van der Waals surface area (Å²) in [6, 6.07) is 21.5. The molecule has 5 rings (SSSR count). The van der Waals surface area contributed by atoms with Gasteiger partial charge in [0.15, 0.2) is 11.5 Å². The Bertz CT molecular complexity index is 1470. The van der Waals surface area contributed by atoms with Crippen molar-refractivity contribution in [3.05, 3.63) is 117 Å². The molecule has 0 aliphatic carbocycles. The lowest BCUT2D eigenvalue weighted by Gasteiger charge is -2.10. The zero-order valence-electron chi connectivity index (χ0n) is 18.7. The van der Waals surface area contributed by atoms with Crippen LogP contribution in [0.15, 0.2) is 91.2 Å². The highest BCUT2D eigenvalue weighted by Crippen LogP contribution is 2.29. The van der Waals surface area contributed by atoms with Crippen LogP contribution < -0.4 is 21.0 Å². The monoisotopic (exact) mass is 488 g/mol. The van der Waals surface area contributed by atoms with Crippen molar-refractivity contribution in [2.24, 2.45) is 0 Å². The summed E-state index contributed by atoms with van der Waals surface area (Å²) in [5, 5.41) is 19.3. The smallest absolute Gasteiger partial charge is 0.419 e. The molecule has 0 radical (unpaired) electrons. The molecule has 36 heavy (non-hydrogen) atoms. The summed E-state index contributed by atoms with van der Waals surface area (Å²) < 4.78 is 21.7. The van der Waals surface area contributed by atoms with E-state index in [0.717, 1.165) is 11.1 Å². The summed E-state index contributed by atoms with van der Waals surface area (Å²) in [7, 11) is 0. The topological polar surface area (TPSA) is 151 Å². The van der Waals surface area contributed by atoms with E-state index in [0.29, 0.717) is 23.0 Å². The second kappa shape index (κ2) is 9.63. The van der Waals surface area contributed by atoms with Crippen molar-refractivity contribution < 1.29 is 28.5 Å². The first-order valence-corrected chi connectivity index (χ1v) is 10.9. The Labute approximate surface area is 203 Å². The van der Waals surface area contributed by atoms with Gasteiger partial charge in [-0.3, -0.25) is 9.97 Å². The largest absolute Gasteiger partial charge is 0.492 e. The van der Waals surface area contributed by atoms with Crippen LogP contribution in [-0.4, -0.2) is 20.2 Å². The molecule has 0 spiro atoms. The molecule has 4 N–H and O–H groups in total. The van der Waals surface area contributed by atoms with Crippen LogP contribution in [0.1, 0.15) is 22.6 Å². The molecule has 2 aromatic heterocycles. The predicted octanol–water partition coefficient (Wildman–Crippen LogP) is 4.43. The van der Waals surface area contributed by atoms with Gasteiger partial charge < -0.3 is 28.5 Å². The summed E-state index contributed by atoms with van der Waals surface area (Å²) in [5.74, 6) is 0.717. The minimum Gasteiger partial charge on any atom is -0.492 e. The van der Waals surface area contributed by atoms with Crippen molar-refractivity contribution in [1.29, 1.82) is 0 Å². The van der Waals surface area contributed by atoms with Crippen LogP contribution in [0.25, 0.3) is 0 Å². The van der Waals surface area contributed by atoms with Gasteiger partial charge in [0.1, 0.15) is 23.0 Å². The van der Waals surface area contributed by atoms with Gasteiger partial charge in [0, 0.05) is 18.9 Å². The highest BCUT2D eigenvalue weighted by Gasteiger charge is 2.11. The molecule has 0 aliphatic heterocycles. The van der Waals surface area contributed by atoms with E-state index in [4.69, 9.17) is 18.3 Å². The molecule has 0 saturated heterocycles. The van der Waals surface area contributed by atoms with Gasteiger partial charge in [0.05, 0.1) is 0 Å². The molecule has 0 aliphatic rings. The number of benzene rings is 3. The van der Waals surface area contributed by atoms with Crippen molar-refractivity contribution in [3.63, 3.8) is 0 Å². The average Bonchev–Trinajstić information content (AvgIpc) is 3.34. The molecule has 0 bridgehead atoms. The Kier molecular flexibility index (Phi) is 6.06. The highest BCUT2D eigenvalue weighted by molar-refractivity contribution is 5.41. The molecular formula is C26H20N2O8. The van der Waals surface area contributed by atoms with Crippen molar-refractivity contribution >= 4 is 0 Å². The maximum atomic E-state index is 11.2. The molecule has 10 heteroatoms. The number of rotatable bonds is 8. The lowest BCUT2D eigenvalue weighted by Crippen LogP contribution is -1.93. The van der Waals surface area contributed by atoms with Gasteiger partial charge in [0.2, 0.25) is 11.8 Å². The van der Waals surface area contributed by atoms with Crippen LogP contribution in [0.2, 0.25) is 0 Å². The summed E-state index contributed by atoms with van der Waals surface area (Å²) in [5.41, 5.74) is 1.66. The number of oxazole rings is 2. The second-order valence-electron chi connectivity index (χ2n) is 7.89. The molecular weight excluding hydrogens is 468 g/mol. The zero-order valence-corrected chi connectivity index (χ0v) is 18.7. The Hall–Kier alpha value is -5.12. The first-order valence-electron chi connectivity index (χ1n) is 10.9. The molecule has 2 heterocycles. The highest BCUT2D eigenvalue weighted by atomic mass is 16.5. The number of nitrogens with one attached hydrogen (secondary N) is 2. The molecule has 0 fully saturated rings. The fraction of sp³-hybridized carbons (Fsp3) is 0.0769. The van der Waals surface area contributed by atoms with Crippen LogP contribution >= 0.6 is 0 Å². The Morgan fingerprint density at radius 2 is 1.03 bits per heavy atom. The van der Waals surface area contributed by atoms with E-state index in [1.807, 2.05) is 24.3 Å². The van der Waals surface area contributed by atoms with Gasteiger partial charge in [-0.05, 0) is 47.5 Å².